The molecule has 0 saturated heterocycles. The summed E-state index contributed by atoms with van der Waals surface area (Å²) in [5.41, 5.74) is 6.81. The molecule has 0 unspecified atom stereocenters. The van der Waals surface area contributed by atoms with E-state index >= 15 is 0 Å². The van der Waals surface area contributed by atoms with Crippen molar-refractivity contribution in [2.24, 2.45) is 0 Å². The summed E-state index contributed by atoms with van der Waals surface area (Å²) >= 11 is 0. The minimum Gasteiger partial charge on any atom is -0.487 e. The molecule has 186 valence electrons. The first-order valence-corrected chi connectivity index (χ1v) is 12.1. The third-order valence-electron chi connectivity index (χ3n) is 6.11. The molecule has 7 heteroatoms. The molecule has 0 aromatic carbocycles. The second kappa shape index (κ2) is 9.64. The molecule has 0 amide bonds. The van der Waals surface area contributed by atoms with E-state index < -0.39 is 0 Å². The fraction of sp³-hybridized carbons (Fsp3) is 0.345. The second-order valence-electron chi connectivity index (χ2n) is 10.3. The maximum absolute atomic E-state index is 13.6. The third kappa shape index (κ3) is 5.05. The average Bonchev–Trinajstić information content (AvgIpc) is 2.81. The Balaban J connectivity index is 1.75. The third-order valence-corrected chi connectivity index (χ3v) is 6.11. The Kier molecular flexibility index (Phi) is 6.76. The van der Waals surface area contributed by atoms with Gasteiger partial charge < -0.3 is 4.74 Å². The van der Waals surface area contributed by atoms with Gasteiger partial charge in [-0.2, -0.15) is 0 Å². The van der Waals surface area contributed by atoms with Crippen LogP contribution in [0.4, 0.5) is 0 Å². The van der Waals surface area contributed by atoms with Gasteiger partial charge in [0.1, 0.15) is 18.2 Å². The van der Waals surface area contributed by atoms with Crippen molar-refractivity contribution in [3.8, 4) is 22.8 Å². The first-order chi connectivity index (χ1) is 17.0. The molecule has 0 bridgehead atoms. The molecule has 7 nitrogen and oxygen atoms in total. The predicted octanol–water partition coefficient (Wildman–Crippen LogP) is 5.50. The standard InChI is InChI=1S/C29H33N5O2/c1-17-14-30-23(26-18(2)15-31-28(33-26)29(6,7)8)13-24(17)34-20(4)12-25(21(5)27(34)35)36-16-22-11-9-10-19(3)32-22/h9-15H,16H2,1-8H3. The van der Waals surface area contributed by atoms with Gasteiger partial charge in [0.05, 0.1) is 28.3 Å². The minimum absolute atomic E-state index is 0.128. The van der Waals surface area contributed by atoms with Crippen LogP contribution in [-0.2, 0) is 12.0 Å². The SMILES string of the molecule is Cc1cccc(COc2cc(C)n(-c3cc(-c4nc(C(C)(C)C)ncc4C)ncc3C)c(=O)c2C)n1. The lowest BCUT2D eigenvalue weighted by atomic mass is 9.95. The van der Waals surface area contributed by atoms with Crippen LogP contribution in [-0.4, -0.2) is 24.5 Å². The van der Waals surface area contributed by atoms with Crippen LogP contribution in [0.25, 0.3) is 17.1 Å². The van der Waals surface area contributed by atoms with Crippen molar-refractivity contribution >= 4 is 0 Å². The van der Waals surface area contributed by atoms with Crippen molar-refractivity contribution in [3.63, 3.8) is 0 Å². The van der Waals surface area contributed by atoms with E-state index in [2.05, 4.69) is 35.7 Å². The van der Waals surface area contributed by atoms with Crippen LogP contribution in [0.1, 0.15) is 60.4 Å². The van der Waals surface area contributed by atoms with Crippen molar-refractivity contribution in [2.45, 2.75) is 67.4 Å². The number of hydrogen-bond donors (Lipinski definition) is 0. The second-order valence-corrected chi connectivity index (χ2v) is 10.3. The van der Waals surface area contributed by atoms with E-state index in [1.165, 1.54) is 0 Å². The number of rotatable bonds is 5. The molecule has 0 spiro atoms. The fourth-order valence-corrected chi connectivity index (χ4v) is 4.02. The zero-order valence-corrected chi connectivity index (χ0v) is 22.3. The van der Waals surface area contributed by atoms with Gasteiger partial charge in [0.2, 0.25) is 0 Å². The molecule has 36 heavy (non-hydrogen) atoms. The number of hydrogen-bond acceptors (Lipinski definition) is 6. The highest BCUT2D eigenvalue weighted by atomic mass is 16.5. The highest BCUT2D eigenvalue weighted by Crippen LogP contribution is 2.27. The first-order valence-electron chi connectivity index (χ1n) is 12.1. The summed E-state index contributed by atoms with van der Waals surface area (Å²) in [6.45, 7) is 16.1. The van der Waals surface area contributed by atoms with Gasteiger partial charge in [0, 0.05) is 35.3 Å². The molecule has 4 heterocycles. The Hall–Kier alpha value is -3.87. The topological polar surface area (TPSA) is 82.8 Å². The molecule has 0 fully saturated rings. The van der Waals surface area contributed by atoms with Crippen LogP contribution in [0.3, 0.4) is 0 Å². The summed E-state index contributed by atoms with van der Waals surface area (Å²) in [7, 11) is 0. The summed E-state index contributed by atoms with van der Waals surface area (Å²) in [6, 6.07) is 9.64. The zero-order valence-electron chi connectivity index (χ0n) is 22.3. The number of nitrogens with zero attached hydrogens (tertiary/aromatic N) is 5. The quantitative estimate of drug-likeness (QED) is 0.373. The van der Waals surface area contributed by atoms with E-state index in [0.717, 1.165) is 45.4 Å². The lowest BCUT2D eigenvalue weighted by Gasteiger charge is -2.19. The Bertz CT molecular complexity index is 1500. The predicted molar refractivity (Wildman–Crippen MR) is 142 cm³/mol. The molecule has 4 aromatic heterocycles. The maximum atomic E-state index is 13.6. The number of aromatic nitrogens is 5. The average molecular weight is 484 g/mol. The minimum atomic E-state index is -0.190. The van der Waals surface area contributed by atoms with E-state index in [4.69, 9.17) is 9.72 Å². The summed E-state index contributed by atoms with van der Waals surface area (Å²) in [5, 5.41) is 0. The number of aryl methyl sites for hydroxylation is 4. The molecule has 0 aliphatic heterocycles. The summed E-state index contributed by atoms with van der Waals surface area (Å²) in [6.07, 6.45) is 3.62. The Morgan fingerprint density at radius 2 is 1.64 bits per heavy atom. The lowest BCUT2D eigenvalue weighted by Crippen LogP contribution is -2.24. The summed E-state index contributed by atoms with van der Waals surface area (Å²) in [5.74, 6) is 1.31. The Morgan fingerprint density at radius 1 is 0.917 bits per heavy atom. The first kappa shape index (κ1) is 25.2. The molecular weight excluding hydrogens is 450 g/mol. The Morgan fingerprint density at radius 3 is 2.33 bits per heavy atom. The molecule has 0 radical (unpaired) electrons. The van der Waals surface area contributed by atoms with Gasteiger partial charge >= 0.3 is 0 Å². The molecule has 0 aliphatic carbocycles. The van der Waals surface area contributed by atoms with Gasteiger partial charge in [-0.05, 0) is 63.9 Å². The molecule has 0 N–H and O–H groups in total. The summed E-state index contributed by atoms with van der Waals surface area (Å²) < 4.78 is 7.73. The fourth-order valence-electron chi connectivity index (χ4n) is 4.02. The van der Waals surface area contributed by atoms with Gasteiger partial charge in [0.15, 0.2) is 0 Å². The van der Waals surface area contributed by atoms with E-state index in [0.29, 0.717) is 23.6 Å². The van der Waals surface area contributed by atoms with Gasteiger partial charge in [-0.1, -0.05) is 26.8 Å². The largest absolute Gasteiger partial charge is 0.487 e. The van der Waals surface area contributed by atoms with Crippen LogP contribution >= 0.6 is 0 Å². The van der Waals surface area contributed by atoms with Gasteiger partial charge in [-0.3, -0.25) is 19.3 Å². The van der Waals surface area contributed by atoms with E-state index in [-0.39, 0.29) is 11.0 Å². The van der Waals surface area contributed by atoms with E-state index in [1.54, 1.807) is 17.7 Å². The molecule has 0 saturated carbocycles. The number of ether oxygens (including phenoxy) is 1. The van der Waals surface area contributed by atoms with Crippen LogP contribution in [0.2, 0.25) is 0 Å². The lowest BCUT2D eigenvalue weighted by molar-refractivity contribution is 0.297. The van der Waals surface area contributed by atoms with Crippen LogP contribution in [0, 0.1) is 34.6 Å². The molecule has 4 aromatic rings. The monoisotopic (exact) mass is 483 g/mol. The smallest absolute Gasteiger partial charge is 0.261 e. The van der Waals surface area contributed by atoms with Crippen molar-refractivity contribution in [3.05, 3.63) is 92.7 Å². The number of pyridine rings is 3. The van der Waals surface area contributed by atoms with Gasteiger partial charge in [-0.15, -0.1) is 0 Å². The van der Waals surface area contributed by atoms with Gasteiger partial charge in [0.25, 0.3) is 5.56 Å². The summed E-state index contributed by atoms with van der Waals surface area (Å²) in [4.78, 5) is 32.0. The molecule has 0 aliphatic rings. The Labute approximate surface area is 212 Å². The van der Waals surface area contributed by atoms with Crippen molar-refractivity contribution < 1.29 is 4.74 Å². The van der Waals surface area contributed by atoms with Crippen LogP contribution in [0.5, 0.6) is 5.75 Å². The zero-order chi connectivity index (χ0) is 26.2. The normalized spacial score (nSPS) is 11.6. The van der Waals surface area contributed by atoms with Crippen molar-refractivity contribution in [1.29, 1.82) is 0 Å². The van der Waals surface area contributed by atoms with E-state index in [9.17, 15) is 4.79 Å². The van der Waals surface area contributed by atoms with E-state index in [1.807, 2.05) is 64.2 Å². The molecule has 4 rings (SSSR count). The van der Waals surface area contributed by atoms with Crippen molar-refractivity contribution in [2.75, 3.05) is 0 Å². The van der Waals surface area contributed by atoms with Crippen LogP contribution < -0.4 is 10.3 Å². The maximum Gasteiger partial charge on any atom is 0.261 e. The van der Waals surface area contributed by atoms with Crippen LogP contribution in [0.15, 0.2) is 47.5 Å². The van der Waals surface area contributed by atoms with Crippen molar-refractivity contribution in [1.82, 2.24) is 24.5 Å². The van der Waals surface area contributed by atoms with Gasteiger partial charge in [-0.25, -0.2) is 9.97 Å². The highest BCUT2D eigenvalue weighted by Gasteiger charge is 2.21. The molecule has 0 atom stereocenters. The molecular formula is C29H33N5O2. The highest BCUT2D eigenvalue weighted by molar-refractivity contribution is 5.62.